The van der Waals surface area contributed by atoms with Crippen LogP contribution in [0.25, 0.3) is 16.9 Å². The van der Waals surface area contributed by atoms with Crippen LogP contribution < -0.4 is 16.0 Å². The number of aryl methyl sites for hydroxylation is 1. The van der Waals surface area contributed by atoms with E-state index >= 15 is 0 Å². The molecule has 1 saturated heterocycles. The molecule has 198 valence electrons. The molecule has 3 N–H and O–H groups in total. The van der Waals surface area contributed by atoms with Crippen molar-refractivity contribution in [2.24, 2.45) is 5.73 Å². The van der Waals surface area contributed by atoms with Crippen molar-refractivity contribution in [3.63, 3.8) is 0 Å². The molecule has 4 heterocycles. The highest BCUT2D eigenvalue weighted by molar-refractivity contribution is 6.34. The molecule has 2 amide bonds. The lowest BCUT2D eigenvalue weighted by atomic mass is 9.88. The molecule has 1 aliphatic heterocycles. The van der Waals surface area contributed by atoms with Gasteiger partial charge in [0.15, 0.2) is 5.69 Å². The van der Waals surface area contributed by atoms with Gasteiger partial charge in [0, 0.05) is 61.6 Å². The van der Waals surface area contributed by atoms with Gasteiger partial charge in [-0.05, 0) is 55.8 Å². The first-order valence-corrected chi connectivity index (χ1v) is 13.1. The molecule has 1 aromatic carbocycles. The van der Waals surface area contributed by atoms with Gasteiger partial charge in [-0.1, -0.05) is 17.7 Å². The summed E-state index contributed by atoms with van der Waals surface area (Å²) in [4.78, 5) is 38.6. The average molecular weight is 543 g/mol. The van der Waals surface area contributed by atoms with Gasteiger partial charge < -0.3 is 20.9 Å². The number of carbonyl (C=O) groups is 2. The number of halogens is 1. The van der Waals surface area contributed by atoms with E-state index < -0.39 is 5.91 Å². The first kappa shape index (κ1) is 25.0. The lowest BCUT2D eigenvalue weighted by molar-refractivity contribution is 0.0992. The number of nitrogens with two attached hydrogens (primary N) is 1. The largest absolute Gasteiger partial charge is 0.364 e. The van der Waals surface area contributed by atoms with E-state index in [2.05, 4.69) is 37.2 Å². The molecule has 1 fully saturated rings. The predicted octanol–water partition coefficient (Wildman–Crippen LogP) is 3.18. The van der Waals surface area contributed by atoms with Crippen molar-refractivity contribution in [2.45, 2.75) is 12.8 Å². The molecular formula is C28H27ClN8O2. The second-order valence-electron chi connectivity index (χ2n) is 9.80. The standard InChI is InChI=1S/C28H27ClN8O2/c1-35-10-12-36(13-11-35)24-15-22(23(29)16-32-24)28(39)33-18-4-2-17-3-5-20-25(27(30)38)34-37(26(20)21(17)14-18)19-6-8-31-9-7-19/h2,4,6-9,14-16H,3,5,10-13H2,1H3,(H2,30,38)(H,33,39). The zero-order valence-electron chi connectivity index (χ0n) is 21.4. The van der Waals surface area contributed by atoms with E-state index in [-0.39, 0.29) is 16.6 Å². The second kappa shape index (κ2) is 10.1. The van der Waals surface area contributed by atoms with E-state index in [1.54, 1.807) is 23.1 Å². The topological polar surface area (TPSA) is 122 Å². The van der Waals surface area contributed by atoms with Gasteiger partial charge >= 0.3 is 0 Å². The van der Waals surface area contributed by atoms with Gasteiger partial charge in [-0.25, -0.2) is 9.67 Å². The van der Waals surface area contributed by atoms with E-state index in [1.165, 1.54) is 6.20 Å². The Morgan fingerprint density at radius 3 is 2.54 bits per heavy atom. The van der Waals surface area contributed by atoms with Crippen LogP contribution in [0.4, 0.5) is 11.5 Å². The summed E-state index contributed by atoms with van der Waals surface area (Å²) in [6.07, 6.45) is 6.23. The van der Waals surface area contributed by atoms with Crippen LogP contribution in [0.2, 0.25) is 5.02 Å². The Morgan fingerprint density at radius 1 is 1.03 bits per heavy atom. The number of primary amides is 1. The highest BCUT2D eigenvalue weighted by atomic mass is 35.5. The molecule has 10 nitrogen and oxygen atoms in total. The Bertz CT molecular complexity index is 1580. The fraction of sp³-hybridized carbons (Fsp3) is 0.250. The van der Waals surface area contributed by atoms with Crippen LogP contribution in [-0.4, -0.2) is 69.7 Å². The lowest BCUT2D eigenvalue weighted by Gasteiger charge is -2.33. The van der Waals surface area contributed by atoms with E-state index in [1.807, 2.05) is 30.3 Å². The van der Waals surface area contributed by atoms with E-state index in [4.69, 9.17) is 17.3 Å². The van der Waals surface area contributed by atoms with E-state index in [0.717, 1.165) is 66.5 Å². The van der Waals surface area contributed by atoms with Gasteiger partial charge in [0.2, 0.25) is 0 Å². The number of piperazine rings is 1. The van der Waals surface area contributed by atoms with Crippen LogP contribution in [0, 0.1) is 0 Å². The van der Waals surface area contributed by atoms with Crippen molar-refractivity contribution in [1.82, 2.24) is 24.6 Å². The molecule has 2 aliphatic rings. The number of amides is 2. The molecule has 11 heteroatoms. The molecule has 0 radical (unpaired) electrons. The number of anilines is 2. The van der Waals surface area contributed by atoms with Crippen molar-refractivity contribution in [2.75, 3.05) is 43.4 Å². The SMILES string of the molecule is CN1CCN(c2cc(C(=O)Nc3ccc4c(c3)-c3c(c(C(N)=O)nn3-c3ccncc3)CC4)c(Cl)cn2)CC1. The summed E-state index contributed by atoms with van der Waals surface area (Å²) in [5.74, 6) is -0.169. The Kier molecular flexibility index (Phi) is 6.49. The van der Waals surface area contributed by atoms with E-state index in [0.29, 0.717) is 17.7 Å². The third-order valence-electron chi connectivity index (χ3n) is 7.30. The first-order chi connectivity index (χ1) is 18.9. The van der Waals surface area contributed by atoms with Gasteiger partial charge in [-0.2, -0.15) is 5.10 Å². The molecule has 4 aromatic rings. The number of carbonyl (C=O) groups excluding carboxylic acids is 2. The minimum atomic E-state index is -0.574. The van der Waals surface area contributed by atoms with Crippen molar-refractivity contribution in [1.29, 1.82) is 0 Å². The van der Waals surface area contributed by atoms with E-state index in [9.17, 15) is 9.59 Å². The minimum absolute atomic E-state index is 0.252. The Balaban J connectivity index is 1.34. The van der Waals surface area contributed by atoms with Gasteiger partial charge in [-0.15, -0.1) is 0 Å². The highest BCUT2D eigenvalue weighted by Crippen LogP contribution is 2.38. The zero-order valence-corrected chi connectivity index (χ0v) is 22.1. The number of hydrogen-bond donors (Lipinski definition) is 2. The van der Waals surface area contributed by atoms with Crippen molar-refractivity contribution in [3.8, 4) is 16.9 Å². The maximum absolute atomic E-state index is 13.4. The fourth-order valence-corrected chi connectivity index (χ4v) is 5.38. The number of hydrogen-bond acceptors (Lipinski definition) is 7. The summed E-state index contributed by atoms with van der Waals surface area (Å²) < 4.78 is 1.72. The first-order valence-electron chi connectivity index (χ1n) is 12.7. The van der Waals surface area contributed by atoms with Crippen LogP contribution in [0.15, 0.2) is 55.0 Å². The fourth-order valence-electron chi connectivity index (χ4n) is 5.19. The summed E-state index contributed by atoms with van der Waals surface area (Å²) in [6, 6.07) is 11.2. The number of nitrogens with one attached hydrogen (secondary N) is 1. The molecule has 0 saturated carbocycles. The summed E-state index contributed by atoms with van der Waals surface area (Å²) in [5.41, 5.74) is 11.2. The van der Waals surface area contributed by atoms with Crippen molar-refractivity contribution in [3.05, 3.63) is 82.4 Å². The second-order valence-corrected chi connectivity index (χ2v) is 10.2. The summed E-state index contributed by atoms with van der Waals surface area (Å²) >= 11 is 6.41. The number of pyridine rings is 2. The molecule has 0 atom stereocenters. The summed E-state index contributed by atoms with van der Waals surface area (Å²) in [7, 11) is 2.09. The Hall–Kier alpha value is -4.28. The predicted molar refractivity (Wildman–Crippen MR) is 150 cm³/mol. The lowest BCUT2D eigenvalue weighted by Crippen LogP contribution is -2.44. The molecule has 6 rings (SSSR count). The molecule has 3 aromatic heterocycles. The molecule has 1 aliphatic carbocycles. The number of nitrogens with zero attached hydrogens (tertiary/aromatic N) is 6. The normalized spacial score (nSPS) is 15.0. The van der Waals surface area contributed by atoms with Crippen LogP contribution in [0.3, 0.4) is 0 Å². The van der Waals surface area contributed by atoms with Crippen LogP contribution in [0.1, 0.15) is 32.0 Å². The van der Waals surface area contributed by atoms with Gasteiger partial charge in [0.25, 0.3) is 11.8 Å². The number of rotatable bonds is 5. The highest BCUT2D eigenvalue weighted by Gasteiger charge is 2.28. The van der Waals surface area contributed by atoms with Gasteiger partial charge in [0.1, 0.15) is 5.82 Å². The van der Waals surface area contributed by atoms with Crippen molar-refractivity contribution < 1.29 is 9.59 Å². The molecular weight excluding hydrogens is 516 g/mol. The zero-order chi connectivity index (χ0) is 27.1. The Morgan fingerprint density at radius 2 is 1.79 bits per heavy atom. The number of aromatic nitrogens is 4. The monoisotopic (exact) mass is 542 g/mol. The summed E-state index contributed by atoms with van der Waals surface area (Å²) in [5, 5.41) is 7.85. The third kappa shape index (κ3) is 4.73. The number of benzene rings is 1. The third-order valence-corrected chi connectivity index (χ3v) is 7.61. The minimum Gasteiger partial charge on any atom is -0.364 e. The molecule has 0 unspecified atom stereocenters. The van der Waals surface area contributed by atoms with Crippen molar-refractivity contribution >= 4 is 34.9 Å². The Labute approximate surface area is 230 Å². The van der Waals surface area contributed by atoms with Gasteiger partial charge in [-0.3, -0.25) is 14.6 Å². The molecule has 39 heavy (non-hydrogen) atoms. The molecule has 0 spiro atoms. The van der Waals surface area contributed by atoms with Gasteiger partial charge in [0.05, 0.1) is 22.0 Å². The number of likely N-dealkylation sites (N-methyl/N-ethyl adjacent to an activating group) is 1. The average Bonchev–Trinajstić information content (AvgIpc) is 3.35. The summed E-state index contributed by atoms with van der Waals surface area (Å²) in [6.45, 7) is 3.52. The maximum atomic E-state index is 13.4. The number of fused-ring (bicyclic) bond motifs is 3. The van der Waals surface area contributed by atoms with Crippen LogP contribution >= 0.6 is 11.6 Å². The van der Waals surface area contributed by atoms with Crippen LogP contribution in [0.5, 0.6) is 0 Å². The quantitative estimate of drug-likeness (QED) is 0.397. The van der Waals surface area contributed by atoms with Crippen LogP contribution in [-0.2, 0) is 12.8 Å². The smallest absolute Gasteiger partial charge is 0.269 e. The molecule has 0 bridgehead atoms. The maximum Gasteiger partial charge on any atom is 0.269 e.